The molecule has 0 heterocycles. The first kappa shape index (κ1) is 20.8. The molecule has 0 unspecified atom stereocenters. The zero-order valence-electron chi connectivity index (χ0n) is 10.5. The van der Waals surface area contributed by atoms with Crippen molar-refractivity contribution in [3.05, 3.63) is 47.6 Å². The van der Waals surface area contributed by atoms with Gasteiger partial charge in [0.15, 0.2) is 0 Å². The standard InChI is InChI=1S/C14H12O2.2Y/c1-3-5-7-11-9-13(15)10-12(14(11)16)8-6-4-2;;/h7-8H,3-4H2,1-2H3;;/q-4;;. The summed E-state index contributed by atoms with van der Waals surface area (Å²) in [6.45, 7) is 3.81. The van der Waals surface area contributed by atoms with Gasteiger partial charge in [-0.15, -0.1) is 12.8 Å². The molecule has 0 amide bonds. The van der Waals surface area contributed by atoms with E-state index in [1.165, 1.54) is 12.2 Å². The summed E-state index contributed by atoms with van der Waals surface area (Å²) >= 11 is 0. The zero-order valence-corrected chi connectivity index (χ0v) is 16.2. The van der Waals surface area contributed by atoms with E-state index < -0.39 is 5.78 Å². The molecule has 0 spiro atoms. The van der Waals surface area contributed by atoms with Crippen LogP contribution in [0, 0.1) is 24.3 Å². The quantitative estimate of drug-likeness (QED) is 0.545. The van der Waals surface area contributed by atoms with Crippen LogP contribution in [0.5, 0.6) is 0 Å². The second-order valence-corrected chi connectivity index (χ2v) is 3.14. The Bertz CT molecular complexity index is 380. The van der Waals surface area contributed by atoms with Crippen LogP contribution in [0.3, 0.4) is 0 Å². The summed E-state index contributed by atoms with van der Waals surface area (Å²) in [5.74, 6) is -0.658. The molecule has 0 aromatic heterocycles. The van der Waals surface area contributed by atoms with E-state index in [0.29, 0.717) is 12.8 Å². The van der Waals surface area contributed by atoms with Crippen LogP contribution in [-0.2, 0) is 75.0 Å². The molecular weight excluding hydrogens is 378 g/mol. The van der Waals surface area contributed by atoms with E-state index >= 15 is 0 Å². The van der Waals surface area contributed by atoms with Crippen LogP contribution in [0.1, 0.15) is 26.7 Å². The SMILES string of the molecule is CC[C-]=CC1=[C-]C(=O)[C-]=C(C=[C-]CC)C1=O.[Y].[Y]. The van der Waals surface area contributed by atoms with Gasteiger partial charge in [-0.1, -0.05) is 13.8 Å². The van der Waals surface area contributed by atoms with Crippen LogP contribution in [0.2, 0.25) is 0 Å². The van der Waals surface area contributed by atoms with Crippen LogP contribution < -0.4 is 0 Å². The van der Waals surface area contributed by atoms with Crippen LogP contribution in [0.15, 0.2) is 23.3 Å². The molecule has 1 rings (SSSR count). The molecule has 0 bridgehead atoms. The van der Waals surface area contributed by atoms with Gasteiger partial charge in [0, 0.05) is 65.4 Å². The summed E-state index contributed by atoms with van der Waals surface area (Å²) in [7, 11) is 0. The van der Waals surface area contributed by atoms with Crippen LogP contribution in [0.25, 0.3) is 0 Å². The Kier molecular flexibility index (Phi) is 13.1. The van der Waals surface area contributed by atoms with Gasteiger partial charge in [0.25, 0.3) is 0 Å². The first-order valence-corrected chi connectivity index (χ1v) is 5.18. The molecule has 2 radical (unpaired) electrons. The average Bonchev–Trinajstić information content (AvgIpc) is 2.28. The van der Waals surface area contributed by atoms with Crippen LogP contribution >= 0.6 is 0 Å². The fourth-order valence-electron chi connectivity index (χ4n) is 1.15. The normalized spacial score (nSPS) is 15.2. The van der Waals surface area contributed by atoms with Gasteiger partial charge in [-0.25, -0.2) is 0 Å². The van der Waals surface area contributed by atoms with Crippen molar-refractivity contribution >= 4 is 11.6 Å². The Balaban J connectivity index is 0. The Labute approximate surface area is 159 Å². The maximum absolute atomic E-state index is 11.8. The Hall–Kier alpha value is 0.508. The number of Topliss-reactive ketones (excluding diaryl/α,β-unsaturated/α-hetero) is 2. The van der Waals surface area contributed by atoms with Crippen molar-refractivity contribution in [1.82, 2.24) is 0 Å². The van der Waals surface area contributed by atoms with Crippen LogP contribution in [-0.4, -0.2) is 11.6 Å². The third-order valence-corrected chi connectivity index (χ3v) is 1.89. The molecule has 0 saturated heterocycles. The third-order valence-electron chi connectivity index (χ3n) is 1.89. The van der Waals surface area contributed by atoms with Crippen molar-refractivity contribution in [1.29, 1.82) is 0 Å². The molecule has 90 valence electrons. The fourth-order valence-corrected chi connectivity index (χ4v) is 1.15. The number of hydrogen-bond acceptors (Lipinski definition) is 2. The van der Waals surface area contributed by atoms with Crippen molar-refractivity contribution < 1.29 is 75.0 Å². The fraction of sp³-hybridized carbons (Fsp3) is 0.286. The number of carbonyl (C=O) groups is 2. The predicted octanol–water partition coefficient (Wildman–Crippen LogP) is 2.13. The Morgan fingerprint density at radius 1 is 0.944 bits per heavy atom. The van der Waals surface area contributed by atoms with Gasteiger partial charge in [0.05, 0.1) is 0 Å². The topological polar surface area (TPSA) is 34.1 Å². The second kappa shape index (κ2) is 11.3. The zero-order chi connectivity index (χ0) is 12.0. The molecule has 0 fully saturated rings. The monoisotopic (exact) mass is 390 g/mol. The van der Waals surface area contributed by atoms with Crippen molar-refractivity contribution in [3.8, 4) is 0 Å². The molecule has 4 heteroatoms. The Morgan fingerprint density at radius 2 is 1.33 bits per heavy atom. The first-order chi connectivity index (χ1) is 7.69. The molecule has 18 heavy (non-hydrogen) atoms. The van der Waals surface area contributed by atoms with Gasteiger partial charge in [0.2, 0.25) is 0 Å². The summed E-state index contributed by atoms with van der Waals surface area (Å²) in [6.07, 6.45) is 15.0. The van der Waals surface area contributed by atoms with E-state index in [1.54, 1.807) is 0 Å². The average molecular weight is 390 g/mol. The molecule has 1 aliphatic carbocycles. The number of rotatable bonds is 4. The van der Waals surface area contributed by atoms with Gasteiger partial charge in [0.1, 0.15) is 0 Å². The summed E-state index contributed by atoms with van der Waals surface area (Å²) in [4.78, 5) is 23.0. The maximum atomic E-state index is 11.8. The van der Waals surface area contributed by atoms with Gasteiger partial charge in [-0.2, -0.15) is 5.78 Å². The smallest absolute Gasteiger partial charge is 0 e. The molecule has 0 aromatic rings. The molecule has 0 saturated carbocycles. The Morgan fingerprint density at radius 3 is 1.67 bits per heavy atom. The minimum atomic E-state index is -0.409. The maximum Gasteiger partial charge on any atom is 0 e. The predicted molar refractivity (Wildman–Crippen MR) is 59.7 cm³/mol. The van der Waals surface area contributed by atoms with E-state index in [2.05, 4.69) is 24.3 Å². The van der Waals surface area contributed by atoms with E-state index in [0.717, 1.165) is 0 Å². The van der Waals surface area contributed by atoms with Crippen molar-refractivity contribution in [2.24, 2.45) is 0 Å². The van der Waals surface area contributed by atoms with Crippen molar-refractivity contribution in [2.45, 2.75) is 26.7 Å². The molecule has 2 nitrogen and oxygen atoms in total. The summed E-state index contributed by atoms with van der Waals surface area (Å²) in [6, 6.07) is 0. The molecule has 1 aliphatic rings. The number of allylic oxidation sites excluding steroid dienone is 8. The van der Waals surface area contributed by atoms with Gasteiger partial charge < -0.3 is 45.0 Å². The third kappa shape index (κ3) is 6.61. The van der Waals surface area contributed by atoms with E-state index in [4.69, 9.17) is 0 Å². The minimum absolute atomic E-state index is 0. The van der Waals surface area contributed by atoms with E-state index in [9.17, 15) is 9.59 Å². The molecule has 0 atom stereocenters. The van der Waals surface area contributed by atoms with Crippen LogP contribution in [0.4, 0.5) is 0 Å². The van der Waals surface area contributed by atoms with Gasteiger partial charge in [-0.3, -0.25) is 12.2 Å². The molecular formula is C14H12O2Y2-4. The van der Waals surface area contributed by atoms with Crippen molar-refractivity contribution in [3.63, 3.8) is 0 Å². The summed E-state index contributed by atoms with van der Waals surface area (Å²) in [5, 5.41) is 0. The summed E-state index contributed by atoms with van der Waals surface area (Å²) in [5.41, 5.74) is 0.490. The number of hydrogen-bond donors (Lipinski definition) is 0. The minimum Gasteiger partial charge on any atom is -0.444 e. The van der Waals surface area contributed by atoms with E-state index in [1.807, 2.05) is 13.8 Å². The largest absolute Gasteiger partial charge is 0.444 e. The number of ketones is 2. The first-order valence-electron chi connectivity index (χ1n) is 5.18. The summed E-state index contributed by atoms with van der Waals surface area (Å²) < 4.78 is 0. The number of carbonyl (C=O) groups excluding carboxylic acids is 2. The van der Waals surface area contributed by atoms with Gasteiger partial charge in [-0.05, 0) is 5.78 Å². The molecule has 0 N–H and O–H groups in total. The van der Waals surface area contributed by atoms with Crippen molar-refractivity contribution in [2.75, 3.05) is 0 Å². The second-order valence-electron chi connectivity index (χ2n) is 3.14. The van der Waals surface area contributed by atoms with Gasteiger partial charge >= 0.3 is 0 Å². The van der Waals surface area contributed by atoms with E-state index in [-0.39, 0.29) is 82.3 Å². The molecule has 0 aromatic carbocycles. The molecule has 0 aliphatic heterocycles.